The third-order valence-electron chi connectivity index (χ3n) is 5.86. The van der Waals surface area contributed by atoms with Gasteiger partial charge in [0.25, 0.3) is 5.56 Å². The maximum absolute atomic E-state index is 15.0. The normalized spacial score (nSPS) is 12.1. The molecule has 0 amide bonds. The molecule has 3 N–H and O–H groups in total. The third kappa shape index (κ3) is 6.16. The second-order valence-corrected chi connectivity index (χ2v) is 8.36. The van der Waals surface area contributed by atoms with Gasteiger partial charge in [-0.15, -0.1) is 0 Å². The molecule has 0 radical (unpaired) electrons. The van der Waals surface area contributed by atoms with Gasteiger partial charge in [-0.3, -0.25) is 14.6 Å². The maximum Gasteiger partial charge on any atom is 0.258 e. The zero-order valence-electron chi connectivity index (χ0n) is 21.1. The molecule has 3 rings (SSSR count). The predicted molar refractivity (Wildman–Crippen MR) is 142 cm³/mol. The molecule has 1 aromatic carbocycles. The zero-order chi connectivity index (χ0) is 26.2. The zero-order valence-corrected chi connectivity index (χ0v) is 21.1. The number of pyridine rings is 2. The number of allylic oxidation sites excluding steroid dienone is 2. The number of ketones is 1. The molecule has 9 heteroatoms. The molecule has 190 valence electrons. The van der Waals surface area contributed by atoms with Crippen LogP contribution < -0.4 is 21.3 Å². The van der Waals surface area contributed by atoms with E-state index in [-0.39, 0.29) is 22.7 Å². The van der Waals surface area contributed by atoms with Crippen molar-refractivity contribution in [3.05, 3.63) is 64.0 Å². The van der Waals surface area contributed by atoms with Crippen molar-refractivity contribution in [1.82, 2.24) is 14.9 Å². The van der Waals surface area contributed by atoms with Crippen LogP contribution in [0.5, 0.6) is 5.75 Å². The molecular weight excluding hydrogens is 461 g/mol. The van der Waals surface area contributed by atoms with Gasteiger partial charge < -0.3 is 20.4 Å². The van der Waals surface area contributed by atoms with E-state index in [4.69, 9.17) is 10.5 Å². The second-order valence-electron chi connectivity index (χ2n) is 8.36. The summed E-state index contributed by atoms with van der Waals surface area (Å²) in [5.41, 5.74) is 7.64. The molecule has 0 aliphatic rings. The molecule has 36 heavy (non-hydrogen) atoms. The van der Waals surface area contributed by atoms with Crippen LogP contribution in [0.1, 0.15) is 33.6 Å². The Morgan fingerprint density at radius 3 is 2.69 bits per heavy atom. The van der Waals surface area contributed by atoms with E-state index in [0.29, 0.717) is 53.2 Å². The van der Waals surface area contributed by atoms with Gasteiger partial charge in [-0.05, 0) is 69.3 Å². The van der Waals surface area contributed by atoms with E-state index in [9.17, 15) is 9.59 Å². The van der Waals surface area contributed by atoms with E-state index in [2.05, 4.69) is 15.3 Å². The van der Waals surface area contributed by atoms with Crippen molar-refractivity contribution in [3.8, 4) is 17.0 Å². The highest BCUT2D eigenvalue weighted by atomic mass is 19.1. The summed E-state index contributed by atoms with van der Waals surface area (Å²) in [6.45, 7) is 6.68. The molecule has 0 saturated carbocycles. The number of fused-ring (bicyclic) bond motifs is 1. The number of halogens is 1. The van der Waals surface area contributed by atoms with Crippen LogP contribution in [0.2, 0.25) is 0 Å². The standard InChI is InChI=1S/C27H32FN5O3/c1-5-36-25-9-8-23(32-26(25)29)21-14-19-10-13-33(27(35)20(19)15-22(21)28)12-7-6-11-31-24(16-30-4)17(2)18(3)34/h8-10,13-16,31H,5-7,11-12H2,1-4H3,(H2,29,32)/b24-17+,30-16?. The highest BCUT2D eigenvalue weighted by molar-refractivity contribution is 5.98. The van der Waals surface area contributed by atoms with Gasteiger partial charge in [0.1, 0.15) is 5.82 Å². The molecule has 0 aliphatic carbocycles. The highest BCUT2D eigenvalue weighted by Crippen LogP contribution is 2.29. The first-order valence-electron chi connectivity index (χ1n) is 11.9. The van der Waals surface area contributed by atoms with Crippen molar-refractivity contribution in [2.45, 2.75) is 40.2 Å². The number of aryl methyl sites for hydroxylation is 1. The molecule has 3 aromatic rings. The minimum atomic E-state index is -0.546. The van der Waals surface area contributed by atoms with E-state index in [0.717, 1.165) is 12.8 Å². The van der Waals surface area contributed by atoms with Gasteiger partial charge in [0.05, 0.1) is 23.4 Å². The van der Waals surface area contributed by atoms with Gasteiger partial charge in [0.2, 0.25) is 0 Å². The average molecular weight is 494 g/mol. The number of benzene rings is 1. The Morgan fingerprint density at radius 1 is 1.25 bits per heavy atom. The fraction of sp³-hybridized carbons (Fsp3) is 0.333. The van der Waals surface area contributed by atoms with Crippen LogP contribution in [-0.4, -0.2) is 41.7 Å². The Balaban J connectivity index is 1.73. The topological polar surface area (TPSA) is 112 Å². The minimum absolute atomic E-state index is 0.0164. The van der Waals surface area contributed by atoms with Gasteiger partial charge in [0, 0.05) is 43.7 Å². The number of unbranched alkanes of at least 4 members (excludes halogenated alkanes) is 1. The Bertz CT molecular complexity index is 1380. The van der Waals surface area contributed by atoms with Crippen molar-refractivity contribution in [3.63, 3.8) is 0 Å². The molecule has 2 aromatic heterocycles. The SMILES string of the molecule is CCOc1ccc(-c2cc3ccn(CCCCN/C(C=NC)=C(\C)C(C)=O)c(=O)c3cc2F)nc1N. The summed E-state index contributed by atoms with van der Waals surface area (Å²) in [5.74, 6) is 0.0627. The summed E-state index contributed by atoms with van der Waals surface area (Å²) >= 11 is 0. The molecule has 0 spiro atoms. The first kappa shape index (κ1) is 26.6. The van der Waals surface area contributed by atoms with Crippen LogP contribution in [0.25, 0.3) is 22.0 Å². The van der Waals surface area contributed by atoms with E-state index in [1.807, 2.05) is 6.92 Å². The molecule has 0 unspecified atom stereocenters. The Kier molecular flexibility index (Phi) is 8.94. The Labute approximate surface area is 209 Å². The number of carbonyl (C=O) groups excluding carboxylic acids is 1. The second kappa shape index (κ2) is 12.1. The average Bonchev–Trinajstić information content (AvgIpc) is 2.85. The molecule has 0 fully saturated rings. The number of aliphatic imine (C=N–C) groups is 1. The van der Waals surface area contributed by atoms with Gasteiger partial charge in [-0.25, -0.2) is 9.37 Å². The van der Waals surface area contributed by atoms with Crippen molar-refractivity contribution < 1.29 is 13.9 Å². The van der Waals surface area contributed by atoms with Gasteiger partial charge >= 0.3 is 0 Å². The number of nitrogens with one attached hydrogen (secondary N) is 1. The maximum atomic E-state index is 15.0. The predicted octanol–water partition coefficient (Wildman–Crippen LogP) is 4.12. The minimum Gasteiger partial charge on any atom is -0.490 e. The summed E-state index contributed by atoms with van der Waals surface area (Å²) in [6, 6.07) is 7.97. The van der Waals surface area contributed by atoms with Crippen molar-refractivity contribution >= 4 is 28.6 Å². The molecule has 0 saturated heterocycles. The van der Waals surface area contributed by atoms with E-state index in [1.165, 1.54) is 13.0 Å². The lowest BCUT2D eigenvalue weighted by Crippen LogP contribution is -2.22. The lowest BCUT2D eigenvalue weighted by atomic mass is 10.0. The number of carbonyl (C=O) groups is 1. The van der Waals surface area contributed by atoms with Crippen molar-refractivity contribution in [1.29, 1.82) is 0 Å². The monoisotopic (exact) mass is 493 g/mol. The van der Waals surface area contributed by atoms with Crippen molar-refractivity contribution in [2.24, 2.45) is 4.99 Å². The summed E-state index contributed by atoms with van der Waals surface area (Å²) in [5, 5.41) is 4.15. The summed E-state index contributed by atoms with van der Waals surface area (Å²) < 4.78 is 22.0. The van der Waals surface area contributed by atoms with Crippen LogP contribution in [0, 0.1) is 5.82 Å². The fourth-order valence-electron chi connectivity index (χ4n) is 3.79. The number of rotatable bonds is 11. The first-order chi connectivity index (χ1) is 17.3. The van der Waals surface area contributed by atoms with Crippen LogP contribution in [0.15, 0.2) is 57.6 Å². The van der Waals surface area contributed by atoms with Crippen LogP contribution >= 0.6 is 0 Å². The smallest absolute Gasteiger partial charge is 0.258 e. The first-order valence-corrected chi connectivity index (χ1v) is 11.9. The fourth-order valence-corrected chi connectivity index (χ4v) is 3.79. The lowest BCUT2D eigenvalue weighted by molar-refractivity contribution is -0.113. The molecule has 0 atom stereocenters. The number of nitrogens with zero attached hydrogens (tertiary/aromatic N) is 3. The highest BCUT2D eigenvalue weighted by Gasteiger charge is 2.13. The number of hydrogen-bond acceptors (Lipinski definition) is 7. The van der Waals surface area contributed by atoms with Crippen LogP contribution in [0.4, 0.5) is 10.2 Å². The Hall–Kier alpha value is -4.01. The largest absolute Gasteiger partial charge is 0.490 e. The van der Waals surface area contributed by atoms with E-state index in [1.54, 1.807) is 55.2 Å². The van der Waals surface area contributed by atoms with Gasteiger partial charge in [0.15, 0.2) is 17.4 Å². The number of nitrogen functional groups attached to an aromatic ring is 1. The van der Waals surface area contributed by atoms with Gasteiger partial charge in [-0.1, -0.05) is 0 Å². The summed E-state index contributed by atoms with van der Waals surface area (Å²) in [7, 11) is 1.65. The lowest BCUT2D eigenvalue weighted by Gasteiger charge is -2.12. The van der Waals surface area contributed by atoms with Crippen molar-refractivity contribution in [2.75, 3.05) is 25.9 Å². The number of hydrogen-bond donors (Lipinski definition) is 2. The Morgan fingerprint density at radius 2 is 2.03 bits per heavy atom. The molecule has 0 aliphatic heterocycles. The number of nitrogens with two attached hydrogens (primary N) is 1. The molecular formula is C27H32FN5O3. The number of ether oxygens (including phenoxy) is 1. The number of Topliss-reactive ketones (excluding diaryl/α,β-unsaturated/α-hetero) is 1. The van der Waals surface area contributed by atoms with Crippen LogP contribution in [0.3, 0.4) is 0 Å². The molecule has 2 heterocycles. The third-order valence-corrected chi connectivity index (χ3v) is 5.86. The van der Waals surface area contributed by atoms with E-state index >= 15 is 4.39 Å². The van der Waals surface area contributed by atoms with E-state index < -0.39 is 5.82 Å². The van der Waals surface area contributed by atoms with Crippen LogP contribution in [-0.2, 0) is 11.3 Å². The summed E-state index contributed by atoms with van der Waals surface area (Å²) in [4.78, 5) is 32.9. The molecule has 0 bridgehead atoms. The summed E-state index contributed by atoms with van der Waals surface area (Å²) in [6.07, 6.45) is 4.85. The number of anilines is 1. The molecule has 8 nitrogen and oxygen atoms in total. The number of aromatic nitrogens is 2. The quantitative estimate of drug-likeness (QED) is 0.236. The van der Waals surface area contributed by atoms with Gasteiger partial charge in [-0.2, -0.15) is 0 Å².